The zero-order valence-corrected chi connectivity index (χ0v) is 12.6. The Kier molecular flexibility index (Phi) is 6.97. The number of rotatable bonds is 9. The summed E-state index contributed by atoms with van der Waals surface area (Å²) in [5.74, 6) is -0.823. The minimum atomic E-state index is -0.823. The smallest absolute Gasteiger partial charge is 0.308 e. The van der Waals surface area contributed by atoms with E-state index >= 15 is 0 Å². The lowest BCUT2D eigenvalue weighted by atomic mass is 10.3. The Labute approximate surface area is 118 Å². The molecule has 0 radical (unpaired) electrons. The van der Waals surface area contributed by atoms with Gasteiger partial charge in [-0.3, -0.25) is 4.79 Å². The van der Waals surface area contributed by atoms with Gasteiger partial charge in [-0.05, 0) is 13.1 Å². The molecule has 0 atom stereocenters. The van der Waals surface area contributed by atoms with Gasteiger partial charge >= 0.3 is 5.97 Å². The average Bonchev–Trinajstić information content (AvgIpc) is 2.73. The van der Waals surface area contributed by atoms with Crippen molar-refractivity contribution >= 4 is 17.3 Å². The average molecular weight is 286 g/mol. The van der Waals surface area contributed by atoms with Gasteiger partial charge in [-0.25, -0.2) is 4.98 Å². The third kappa shape index (κ3) is 5.26. The Balaban J connectivity index is 2.70. The molecule has 0 saturated carbocycles. The number of aliphatic carboxylic acids is 1. The molecule has 0 aromatic carbocycles. The molecule has 0 aliphatic heterocycles. The predicted octanol–water partition coefficient (Wildman–Crippen LogP) is 1.80. The van der Waals surface area contributed by atoms with Gasteiger partial charge in [0, 0.05) is 25.0 Å². The molecule has 1 aromatic rings. The van der Waals surface area contributed by atoms with E-state index in [-0.39, 0.29) is 6.42 Å². The Morgan fingerprint density at radius 2 is 2.11 bits per heavy atom. The van der Waals surface area contributed by atoms with Crippen LogP contribution in [0.1, 0.15) is 29.4 Å². The minimum Gasteiger partial charge on any atom is -0.481 e. The van der Waals surface area contributed by atoms with Crippen molar-refractivity contribution in [2.24, 2.45) is 0 Å². The number of carboxylic acids is 1. The Morgan fingerprint density at radius 1 is 1.42 bits per heavy atom. The third-order valence-corrected chi connectivity index (χ3v) is 4.11. The van der Waals surface area contributed by atoms with Gasteiger partial charge in [-0.15, -0.1) is 11.3 Å². The molecule has 0 unspecified atom stereocenters. The van der Waals surface area contributed by atoms with E-state index in [2.05, 4.69) is 23.7 Å². The number of hydrogen-bond acceptors (Lipinski definition) is 5. The highest BCUT2D eigenvalue weighted by atomic mass is 32.1. The van der Waals surface area contributed by atoms with Crippen molar-refractivity contribution in [3.8, 4) is 0 Å². The highest BCUT2D eigenvalue weighted by Gasteiger charge is 2.14. The maximum absolute atomic E-state index is 10.8. The minimum absolute atomic E-state index is 0.0294. The first-order valence-corrected chi connectivity index (χ1v) is 7.32. The van der Waals surface area contributed by atoms with Gasteiger partial charge < -0.3 is 14.7 Å². The number of carbonyl (C=O) groups is 1. The topological polar surface area (TPSA) is 62.7 Å². The highest BCUT2D eigenvalue weighted by Crippen LogP contribution is 2.21. The van der Waals surface area contributed by atoms with Gasteiger partial charge in [0.15, 0.2) is 0 Å². The number of hydrogen-bond donors (Lipinski definition) is 1. The molecule has 0 aliphatic rings. The molecule has 1 N–H and O–H groups in total. The summed E-state index contributed by atoms with van der Waals surface area (Å²) in [5.41, 5.74) is 0.768. The number of carboxylic acid groups (broad SMARTS) is 1. The van der Waals surface area contributed by atoms with E-state index in [1.165, 1.54) is 11.3 Å². The van der Waals surface area contributed by atoms with Crippen LogP contribution < -0.4 is 0 Å². The van der Waals surface area contributed by atoms with Gasteiger partial charge in [-0.2, -0.15) is 0 Å². The van der Waals surface area contributed by atoms with Crippen molar-refractivity contribution in [2.75, 3.05) is 26.7 Å². The quantitative estimate of drug-likeness (QED) is 0.750. The van der Waals surface area contributed by atoms with Crippen molar-refractivity contribution in [3.05, 3.63) is 15.6 Å². The standard InChI is InChI=1S/C13H22N2O3S/c1-4-15(5-2)7-6-12-14-10(9-18-3)11(19-12)8-13(16)17/h4-9H2,1-3H3,(H,16,17). The van der Waals surface area contributed by atoms with Gasteiger partial charge in [0.1, 0.15) is 0 Å². The van der Waals surface area contributed by atoms with Crippen LogP contribution in [0.2, 0.25) is 0 Å². The molecule has 0 aliphatic carbocycles. The lowest BCUT2D eigenvalue weighted by Gasteiger charge is -2.16. The summed E-state index contributed by atoms with van der Waals surface area (Å²) in [6, 6.07) is 0. The predicted molar refractivity (Wildman–Crippen MR) is 75.7 cm³/mol. The fourth-order valence-electron chi connectivity index (χ4n) is 1.86. The number of thiazole rings is 1. The van der Waals surface area contributed by atoms with Crippen molar-refractivity contribution < 1.29 is 14.6 Å². The summed E-state index contributed by atoms with van der Waals surface area (Å²) in [5, 5.41) is 9.89. The van der Waals surface area contributed by atoms with Crippen LogP contribution in [0.3, 0.4) is 0 Å². The van der Waals surface area contributed by atoms with Gasteiger partial charge in [0.2, 0.25) is 0 Å². The maximum atomic E-state index is 10.8. The number of aromatic nitrogens is 1. The molecule has 6 heteroatoms. The maximum Gasteiger partial charge on any atom is 0.308 e. The number of ether oxygens (including phenoxy) is 1. The molecule has 0 spiro atoms. The van der Waals surface area contributed by atoms with Crippen molar-refractivity contribution in [1.29, 1.82) is 0 Å². The monoisotopic (exact) mass is 286 g/mol. The fraction of sp³-hybridized carbons (Fsp3) is 0.692. The van der Waals surface area contributed by atoms with Crippen molar-refractivity contribution in [2.45, 2.75) is 33.3 Å². The number of methoxy groups -OCH3 is 1. The first-order valence-electron chi connectivity index (χ1n) is 6.51. The van der Waals surface area contributed by atoms with Crippen molar-refractivity contribution in [1.82, 2.24) is 9.88 Å². The summed E-state index contributed by atoms with van der Waals surface area (Å²) in [4.78, 5) is 18.5. The Bertz CT molecular complexity index is 403. The van der Waals surface area contributed by atoms with Gasteiger partial charge in [-0.1, -0.05) is 13.8 Å². The second-order valence-corrected chi connectivity index (χ2v) is 5.43. The number of likely N-dealkylation sites (N-methyl/N-ethyl adjacent to an activating group) is 1. The molecular weight excluding hydrogens is 264 g/mol. The van der Waals surface area contributed by atoms with Crippen LogP contribution in [0.25, 0.3) is 0 Å². The first kappa shape index (κ1) is 16.1. The molecule has 1 heterocycles. The van der Waals surface area contributed by atoms with E-state index in [9.17, 15) is 4.79 Å². The molecule has 1 aromatic heterocycles. The highest BCUT2D eigenvalue weighted by molar-refractivity contribution is 7.11. The van der Waals surface area contributed by atoms with Crippen LogP contribution in [0, 0.1) is 0 Å². The van der Waals surface area contributed by atoms with Gasteiger partial charge in [0.05, 0.1) is 23.7 Å². The van der Waals surface area contributed by atoms with Crippen LogP contribution in [0.15, 0.2) is 0 Å². The molecule has 1 rings (SSSR count). The van der Waals surface area contributed by atoms with Crippen LogP contribution in [0.4, 0.5) is 0 Å². The second-order valence-electron chi connectivity index (χ2n) is 4.26. The van der Waals surface area contributed by atoms with Crippen molar-refractivity contribution in [3.63, 3.8) is 0 Å². The van der Waals surface area contributed by atoms with E-state index in [1.54, 1.807) is 7.11 Å². The van der Waals surface area contributed by atoms with Crippen LogP contribution in [-0.2, 0) is 29.0 Å². The second kappa shape index (κ2) is 8.24. The van der Waals surface area contributed by atoms with Crippen LogP contribution in [0.5, 0.6) is 0 Å². The van der Waals surface area contributed by atoms with E-state index in [1.807, 2.05) is 0 Å². The van der Waals surface area contributed by atoms with E-state index in [4.69, 9.17) is 9.84 Å². The summed E-state index contributed by atoms with van der Waals surface area (Å²) >= 11 is 1.49. The molecule has 19 heavy (non-hydrogen) atoms. The normalized spacial score (nSPS) is 11.2. The largest absolute Gasteiger partial charge is 0.481 e. The molecule has 108 valence electrons. The van der Waals surface area contributed by atoms with Crippen LogP contribution in [-0.4, -0.2) is 47.7 Å². The Hall–Kier alpha value is -0.980. The fourth-order valence-corrected chi connectivity index (χ4v) is 2.91. The molecule has 0 saturated heterocycles. The first-order chi connectivity index (χ1) is 9.10. The molecular formula is C13H22N2O3S. The molecule has 0 fully saturated rings. The van der Waals surface area contributed by atoms with E-state index in [0.29, 0.717) is 6.61 Å². The molecule has 0 amide bonds. The Morgan fingerprint density at radius 3 is 2.63 bits per heavy atom. The SMILES string of the molecule is CCN(CC)CCc1nc(COC)c(CC(=O)O)s1. The molecule has 5 nitrogen and oxygen atoms in total. The summed E-state index contributed by atoms with van der Waals surface area (Å²) in [7, 11) is 1.60. The molecule has 0 bridgehead atoms. The lowest BCUT2D eigenvalue weighted by molar-refractivity contribution is -0.136. The third-order valence-electron chi connectivity index (χ3n) is 2.95. The summed E-state index contributed by atoms with van der Waals surface area (Å²) in [6.45, 7) is 7.66. The van der Waals surface area contributed by atoms with Crippen LogP contribution >= 0.6 is 11.3 Å². The zero-order chi connectivity index (χ0) is 14.3. The lowest BCUT2D eigenvalue weighted by Crippen LogP contribution is -2.25. The van der Waals surface area contributed by atoms with E-state index in [0.717, 1.165) is 41.6 Å². The summed E-state index contributed by atoms with van der Waals surface area (Å²) < 4.78 is 5.07. The number of nitrogens with zero attached hydrogens (tertiary/aromatic N) is 2. The van der Waals surface area contributed by atoms with E-state index < -0.39 is 5.97 Å². The van der Waals surface area contributed by atoms with Gasteiger partial charge in [0.25, 0.3) is 0 Å². The zero-order valence-electron chi connectivity index (χ0n) is 11.8. The summed E-state index contributed by atoms with van der Waals surface area (Å²) in [6.07, 6.45) is 0.893.